The third-order valence-corrected chi connectivity index (χ3v) is 3.20. The zero-order chi connectivity index (χ0) is 9.73. The molecule has 1 fully saturated rings. The maximum atomic E-state index is 9.87. The van der Waals surface area contributed by atoms with E-state index < -0.39 is 5.60 Å². The van der Waals surface area contributed by atoms with Gasteiger partial charge in [-0.2, -0.15) is 11.8 Å². The monoisotopic (exact) mass is 204 g/mol. The summed E-state index contributed by atoms with van der Waals surface area (Å²) in [5.41, 5.74) is -0.567. The second-order valence-corrected chi connectivity index (χ2v) is 4.87. The first-order valence-electron chi connectivity index (χ1n) is 4.79. The van der Waals surface area contributed by atoms with Crippen molar-refractivity contribution in [2.24, 2.45) is 0 Å². The van der Waals surface area contributed by atoms with Gasteiger partial charge in [0.05, 0.1) is 5.60 Å². The molecule has 0 bridgehead atoms. The lowest BCUT2D eigenvalue weighted by molar-refractivity contribution is 0.0821. The Bertz CT molecular complexity index is 147. The van der Waals surface area contributed by atoms with Crippen LogP contribution < -0.4 is 10.6 Å². The Balaban J connectivity index is 2.15. The lowest BCUT2D eigenvalue weighted by Gasteiger charge is -2.24. The molecule has 1 saturated heterocycles. The molecule has 2 atom stereocenters. The number of thioether (sulfide) groups is 1. The maximum absolute atomic E-state index is 9.87. The van der Waals surface area contributed by atoms with E-state index in [4.69, 9.17) is 0 Å². The van der Waals surface area contributed by atoms with Crippen LogP contribution in [0, 0.1) is 0 Å². The molecular weight excluding hydrogens is 184 g/mol. The highest BCUT2D eigenvalue weighted by atomic mass is 32.2. The zero-order valence-electron chi connectivity index (χ0n) is 8.47. The Kier molecular flexibility index (Phi) is 4.52. The molecular formula is C9H20N2OS. The minimum Gasteiger partial charge on any atom is -0.388 e. The smallest absolute Gasteiger partial charge is 0.0833 e. The van der Waals surface area contributed by atoms with Crippen LogP contribution in [0.25, 0.3) is 0 Å². The molecule has 2 unspecified atom stereocenters. The van der Waals surface area contributed by atoms with Crippen molar-refractivity contribution >= 4 is 11.8 Å². The normalized spacial score (nSPS) is 27.5. The molecule has 0 aromatic heterocycles. The number of rotatable bonds is 5. The van der Waals surface area contributed by atoms with Crippen molar-refractivity contribution in [3.63, 3.8) is 0 Å². The minimum atomic E-state index is -0.567. The number of hydrogen-bond acceptors (Lipinski definition) is 4. The second-order valence-electron chi connectivity index (χ2n) is 4.00. The predicted octanol–water partition coefficient (Wildman–Crippen LogP) is 0.0519. The highest BCUT2D eigenvalue weighted by molar-refractivity contribution is 7.98. The molecule has 0 aromatic carbocycles. The third kappa shape index (κ3) is 4.31. The Hall–Kier alpha value is 0.230. The molecule has 3 N–H and O–H groups in total. The lowest BCUT2D eigenvalue weighted by atomic mass is 10.1. The maximum Gasteiger partial charge on any atom is 0.0833 e. The molecule has 0 aliphatic carbocycles. The molecule has 1 heterocycles. The molecule has 0 radical (unpaired) electrons. The van der Waals surface area contributed by atoms with Crippen LogP contribution in [0.2, 0.25) is 0 Å². The van der Waals surface area contributed by atoms with Crippen LogP contribution in [0.4, 0.5) is 0 Å². The van der Waals surface area contributed by atoms with Gasteiger partial charge in [0.25, 0.3) is 0 Å². The summed E-state index contributed by atoms with van der Waals surface area (Å²) in [5.74, 6) is 0.792. The first-order valence-corrected chi connectivity index (χ1v) is 6.19. The standard InChI is InChI=1S/C9H20N2OS/c1-9(12,7-13-2)6-11-8-3-4-10-5-8/h8,10-12H,3-7H2,1-2H3. The first kappa shape index (κ1) is 11.3. The van der Waals surface area contributed by atoms with E-state index in [9.17, 15) is 5.11 Å². The molecule has 13 heavy (non-hydrogen) atoms. The van der Waals surface area contributed by atoms with Crippen LogP contribution in [0.1, 0.15) is 13.3 Å². The minimum absolute atomic E-state index is 0.549. The van der Waals surface area contributed by atoms with E-state index >= 15 is 0 Å². The van der Waals surface area contributed by atoms with Gasteiger partial charge in [0.15, 0.2) is 0 Å². The van der Waals surface area contributed by atoms with E-state index in [1.54, 1.807) is 11.8 Å². The van der Waals surface area contributed by atoms with E-state index in [0.29, 0.717) is 12.6 Å². The topological polar surface area (TPSA) is 44.3 Å². The van der Waals surface area contributed by atoms with Crippen LogP contribution in [0.15, 0.2) is 0 Å². The van der Waals surface area contributed by atoms with Gasteiger partial charge >= 0.3 is 0 Å². The average molecular weight is 204 g/mol. The van der Waals surface area contributed by atoms with E-state index in [1.165, 1.54) is 6.42 Å². The van der Waals surface area contributed by atoms with E-state index in [0.717, 1.165) is 18.8 Å². The largest absolute Gasteiger partial charge is 0.388 e. The number of nitrogens with one attached hydrogen (secondary N) is 2. The fourth-order valence-corrected chi connectivity index (χ4v) is 2.28. The summed E-state index contributed by atoms with van der Waals surface area (Å²) in [5, 5.41) is 16.5. The number of hydrogen-bond donors (Lipinski definition) is 3. The van der Waals surface area contributed by atoms with E-state index in [2.05, 4.69) is 10.6 Å². The first-order chi connectivity index (χ1) is 6.14. The van der Waals surface area contributed by atoms with Crippen LogP contribution in [-0.2, 0) is 0 Å². The Morgan fingerprint density at radius 3 is 3.00 bits per heavy atom. The molecule has 3 nitrogen and oxygen atoms in total. The highest BCUT2D eigenvalue weighted by Gasteiger charge is 2.22. The van der Waals surface area contributed by atoms with Crippen molar-refractivity contribution in [2.75, 3.05) is 31.6 Å². The lowest BCUT2D eigenvalue weighted by Crippen LogP contribution is -2.44. The molecule has 4 heteroatoms. The van der Waals surface area contributed by atoms with Crippen molar-refractivity contribution in [3.05, 3.63) is 0 Å². The van der Waals surface area contributed by atoms with Crippen LogP contribution in [0.3, 0.4) is 0 Å². The van der Waals surface area contributed by atoms with Gasteiger partial charge in [-0.15, -0.1) is 0 Å². The Labute approximate surface area is 84.7 Å². The van der Waals surface area contributed by atoms with Gasteiger partial charge in [0, 0.05) is 24.9 Å². The quantitative estimate of drug-likeness (QED) is 0.592. The number of aliphatic hydroxyl groups is 1. The van der Waals surface area contributed by atoms with E-state index in [-0.39, 0.29) is 0 Å². The van der Waals surface area contributed by atoms with Gasteiger partial charge in [0.2, 0.25) is 0 Å². The molecule has 1 aliphatic heterocycles. The van der Waals surface area contributed by atoms with Crippen molar-refractivity contribution in [2.45, 2.75) is 25.0 Å². The predicted molar refractivity (Wildman–Crippen MR) is 58.3 cm³/mol. The van der Waals surface area contributed by atoms with Gasteiger partial charge in [0.1, 0.15) is 0 Å². The SMILES string of the molecule is CSCC(C)(O)CNC1CCNC1. The van der Waals surface area contributed by atoms with Crippen LogP contribution in [-0.4, -0.2) is 48.4 Å². The van der Waals surface area contributed by atoms with Gasteiger partial charge < -0.3 is 15.7 Å². The van der Waals surface area contributed by atoms with Gasteiger partial charge in [-0.25, -0.2) is 0 Å². The summed E-state index contributed by atoms with van der Waals surface area (Å²) >= 11 is 1.69. The molecule has 78 valence electrons. The van der Waals surface area contributed by atoms with Gasteiger partial charge in [-0.1, -0.05) is 0 Å². The highest BCUT2D eigenvalue weighted by Crippen LogP contribution is 2.10. The summed E-state index contributed by atoms with van der Waals surface area (Å²) in [7, 11) is 0. The summed E-state index contributed by atoms with van der Waals surface area (Å²) < 4.78 is 0. The molecule has 0 amide bonds. The fraction of sp³-hybridized carbons (Fsp3) is 1.00. The summed E-state index contributed by atoms with van der Waals surface area (Å²) in [6.07, 6.45) is 3.20. The summed E-state index contributed by atoms with van der Waals surface area (Å²) in [4.78, 5) is 0. The fourth-order valence-electron chi connectivity index (χ4n) is 1.56. The third-order valence-electron chi connectivity index (χ3n) is 2.29. The van der Waals surface area contributed by atoms with Crippen molar-refractivity contribution in [1.82, 2.24) is 10.6 Å². The van der Waals surface area contributed by atoms with Crippen LogP contribution in [0.5, 0.6) is 0 Å². The van der Waals surface area contributed by atoms with Gasteiger partial charge in [-0.3, -0.25) is 0 Å². The molecule has 0 aromatic rings. The van der Waals surface area contributed by atoms with Crippen LogP contribution >= 0.6 is 11.8 Å². The molecule has 1 rings (SSSR count). The van der Waals surface area contributed by atoms with Crippen molar-refractivity contribution in [3.8, 4) is 0 Å². The van der Waals surface area contributed by atoms with Crippen molar-refractivity contribution in [1.29, 1.82) is 0 Å². The average Bonchev–Trinajstić information content (AvgIpc) is 2.52. The summed E-state index contributed by atoms with van der Waals surface area (Å²) in [6.45, 7) is 4.72. The molecule has 1 aliphatic rings. The zero-order valence-corrected chi connectivity index (χ0v) is 9.28. The van der Waals surface area contributed by atoms with Crippen molar-refractivity contribution < 1.29 is 5.11 Å². The Morgan fingerprint density at radius 2 is 2.46 bits per heavy atom. The molecule has 0 spiro atoms. The Morgan fingerprint density at radius 1 is 1.69 bits per heavy atom. The van der Waals surface area contributed by atoms with Gasteiger partial charge in [-0.05, 0) is 26.1 Å². The second kappa shape index (κ2) is 5.20. The van der Waals surface area contributed by atoms with E-state index in [1.807, 2.05) is 13.2 Å². The summed E-state index contributed by atoms with van der Waals surface area (Å²) in [6, 6.07) is 0.549. The molecule has 0 saturated carbocycles.